The smallest absolute Gasteiger partial charge is 0.336 e. The van der Waals surface area contributed by atoms with Crippen LogP contribution in [-0.4, -0.2) is 27.6 Å². The van der Waals surface area contributed by atoms with Crippen LogP contribution in [-0.2, 0) is 9.59 Å². The van der Waals surface area contributed by atoms with E-state index in [0.717, 1.165) is 0 Å². The first-order valence-electron chi connectivity index (χ1n) is 3.02. The zero-order chi connectivity index (χ0) is 7.78. The van der Waals surface area contributed by atoms with E-state index in [1.54, 1.807) is 0 Å². The third-order valence-corrected chi connectivity index (χ3v) is 1.71. The molecule has 0 bridgehead atoms. The molecule has 2 N–H and O–H groups in total. The van der Waals surface area contributed by atoms with Gasteiger partial charge in [-0.25, -0.2) is 4.79 Å². The highest BCUT2D eigenvalue weighted by Crippen LogP contribution is 2.26. The zero-order valence-electron chi connectivity index (χ0n) is 5.33. The number of carbonyl (C=O) groups excluding carboxylic acids is 1. The fourth-order valence-corrected chi connectivity index (χ4v) is 1.03. The van der Waals surface area contributed by atoms with E-state index in [9.17, 15) is 9.59 Å². The molecule has 10 heavy (non-hydrogen) atoms. The number of hydrogen-bond acceptors (Lipinski definition) is 3. The van der Waals surface area contributed by atoms with Gasteiger partial charge in [0.2, 0.25) is 0 Å². The summed E-state index contributed by atoms with van der Waals surface area (Å²) in [6.07, 6.45) is 0.00625. The van der Waals surface area contributed by atoms with E-state index >= 15 is 0 Å². The van der Waals surface area contributed by atoms with Crippen LogP contribution in [0, 0.1) is 0 Å². The quantitative estimate of drug-likeness (QED) is 0.523. The number of carbonyl (C=O) groups is 2. The van der Waals surface area contributed by atoms with Crippen LogP contribution in [0.2, 0.25) is 0 Å². The van der Waals surface area contributed by atoms with Crippen molar-refractivity contribution in [3.05, 3.63) is 0 Å². The van der Waals surface area contributed by atoms with Gasteiger partial charge in [0, 0.05) is 12.8 Å². The number of carboxylic acids is 1. The molecule has 1 fully saturated rings. The summed E-state index contributed by atoms with van der Waals surface area (Å²) < 4.78 is 0. The average molecular weight is 144 g/mol. The molecule has 4 nitrogen and oxygen atoms in total. The molecule has 0 radical (unpaired) electrons. The standard InChI is InChI=1S/C6H8O4/c7-4-1-2-6(10,3-4)5(8)9/h10H,1-3H2,(H,8,9)/t6-/m0/s1. The molecule has 0 aromatic heterocycles. The Morgan fingerprint density at radius 2 is 2.20 bits per heavy atom. The lowest BCUT2D eigenvalue weighted by Gasteiger charge is -2.13. The molecule has 1 atom stereocenters. The van der Waals surface area contributed by atoms with Crippen LogP contribution in [0.15, 0.2) is 0 Å². The third-order valence-electron chi connectivity index (χ3n) is 1.71. The predicted molar refractivity (Wildman–Crippen MR) is 31.4 cm³/mol. The van der Waals surface area contributed by atoms with Crippen molar-refractivity contribution in [1.29, 1.82) is 0 Å². The second kappa shape index (κ2) is 2.05. The highest BCUT2D eigenvalue weighted by Gasteiger charge is 2.43. The normalized spacial score (nSPS) is 32.7. The number of carboxylic acid groups (broad SMARTS) is 1. The van der Waals surface area contributed by atoms with Gasteiger partial charge in [0.05, 0.1) is 0 Å². The minimum atomic E-state index is -1.77. The van der Waals surface area contributed by atoms with Gasteiger partial charge in [-0.3, -0.25) is 4.79 Å². The van der Waals surface area contributed by atoms with Crippen molar-refractivity contribution >= 4 is 11.8 Å². The van der Waals surface area contributed by atoms with Gasteiger partial charge in [-0.1, -0.05) is 0 Å². The number of ketones is 1. The summed E-state index contributed by atoms with van der Waals surface area (Å²) in [6.45, 7) is 0. The molecule has 1 rings (SSSR count). The van der Waals surface area contributed by atoms with Gasteiger partial charge >= 0.3 is 5.97 Å². The molecule has 1 aliphatic rings. The fourth-order valence-electron chi connectivity index (χ4n) is 1.03. The molecule has 0 spiro atoms. The first kappa shape index (κ1) is 7.21. The summed E-state index contributed by atoms with van der Waals surface area (Å²) in [6, 6.07) is 0. The predicted octanol–water partition coefficient (Wildman–Crippen LogP) is -0.445. The van der Waals surface area contributed by atoms with E-state index in [2.05, 4.69) is 0 Å². The summed E-state index contributed by atoms with van der Waals surface area (Å²) in [5.41, 5.74) is -1.77. The van der Waals surface area contributed by atoms with Gasteiger partial charge in [0.25, 0.3) is 0 Å². The van der Waals surface area contributed by atoms with Gasteiger partial charge in [-0.15, -0.1) is 0 Å². The van der Waals surface area contributed by atoms with Crippen molar-refractivity contribution in [2.24, 2.45) is 0 Å². The van der Waals surface area contributed by atoms with E-state index in [0.29, 0.717) is 0 Å². The Labute approximate surface area is 57.5 Å². The van der Waals surface area contributed by atoms with E-state index in [-0.39, 0.29) is 25.0 Å². The molecule has 0 aromatic rings. The molecule has 0 heterocycles. The van der Waals surface area contributed by atoms with Crippen LogP contribution in [0.5, 0.6) is 0 Å². The first-order valence-corrected chi connectivity index (χ1v) is 3.02. The minimum Gasteiger partial charge on any atom is -0.479 e. The highest BCUT2D eigenvalue weighted by atomic mass is 16.4. The molecular weight excluding hydrogens is 136 g/mol. The number of rotatable bonds is 1. The first-order chi connectivity index (χ1) is 4.54. The van der Waals surface area contributed by atoms with Crippen LogP contribution in [0.3, 0.4) is 0 Å². The number of aliphatic carboxylic acids is 1. The lowest BCUT2D eigenvalue weighted by Crippen LogP contribution is -2.35. The Hall–Kier alpha value is -0.900. The molecule has 0 amide bonds. The lowest BCUT2D eigenvalue weighted by atomic mass is 10.0. The second-order valence-corrected chi connectivity index (χ2v) is 2.55. The van der Waals surface area contributed by atoms with Gasteiger partial charge in [0.1, 0.15) is 5.78 Å². The largest absolute Gasteiger partial charge is 0.479 e. The summed E-state index contributed by atoms with van der Waals surface area (Å²) in [5, 5.41) is 17.5. The number of aliphatic hydroxyl groups is 1. The van der Waals surface area contributed by atoms with E-state index in [1.165, 1.54) is 0 Å². The lowest BCUT2D eigenvalue weighted by molar-refractivity contribution is -0.158. The van der Waals surface area contributed by atoms with Gasteiger partial charge in [0.15, 0.2) is 5.60 Å². The highest BCUT2D eigenvalue weighted by molar-refractivity contribution is 5.91. The maximum Gasteiger partial charge on any atom is 0.336 e. The van der Waals surface area contributed by atoms with E-state index in [4.69, 9.17) is 10.2 Å². The summed E-state index contributed by atoms with van der Waals surface area (Å²) in [5.74, 6) is -1.47. The van der Waals surface area contributed by atoms with Crippen molar-refractivity contribution in [3.8, 4) is 0 Å². The average Bonchev–Trinajstić information content (AvgIpc) is 2.13. The summed E-state index contributed by atoms with van der Waals surface area (Å²) >= 11 is 0. The molecule has 0 saturated heterocycles. The number of Topliss-reactive ketones (excluding diaryl/α,β-unsaturated/α-hetero) is 1. The van der Waals surface area contributed by atoms with Crippen LogP contribution in [0.4, 0.5) is 0 Å². The van der Waals surface area contributed by atoms with Gasteiger partial charge in [-0.05, 0) is 6.42 Å². The molecule has 56 valence electrons. The topological polar surface area (TPSA) is 74.6 Å². The van der Waals surface area contributed by atoms with Crippen LogP contribution < -0.4 is 0 Å². The van der Waals surface area contributed by atoms with Crippen molar-refractivity contribution in [2.45, 2.75) is 24.9 Å². The second-order valence-electron chi connectivity index (χ2n) is 2.55. The maximum absolute atomic E-state index is 10.5. The summed E-state index contributed by atoms with van der Waals surface area (Å²) in [7, 11) is 0. The fraction of sp³-hybridized carbons (Fsp3) is 0.667. The number of hydrogen-bond donors (Lipinski definition) is 2. The third kappa shape index (κ3) is 1.02. The molecule has 0 unspecified atom stereocenters. The molecular formula is C6H8O4. The van der Waals surface area contributed by atoms with E-state index < -0.39 is 11.6 Å². The van der Waals surface area contributed by atoms with Crippen molar-refractivity contribution < 1.29 is 19.8 Å². The van der Waals surface area contributed by atoms with Gasteiger partial charge in [-0.2, -0.15) is 0 Å². The van der Waals surface area contributed by atoms with Gasteiger partial charge < -0.3 is 10.2 Å². The maximum atomic E-state index is 10.5. The van der Waals surface area contributed by atoms with Crippen LogP contribution >= 0.6 is 0 Å². The van der Waals surface area contributed by atoms with Crippen molar-refractivity contribution in [2.75, 3.05) is 0 Å². The Morgan fingerprint density at radius 3 is 2.40 bits per heavy atom. The molecule has 1 aliphatic carbocycles. The minimum absolute atomic E-state index is 0.0567. The Balaban J connectivity index is 2.72. The van der Waals surface area contributed by atoms with Crippen molar-refractivity contribution in [1.82, 2.24) is 0 Å². The molecule has 0 aromatic carbocycles. The Kier molecular flexibility index (Phi) is 1.48. The SMILES string of the molecule is O=C1CC[C@@](O)(C(=O)O)C1. The monoisotopic (exact) mass is 144 g/mol. The van der Waals surface area contributed by atoms with Crippen molar-refractivity contribution in [3.63, 3.8) is 0 Å². The zero-order valence-corrected chi connectivity index (χ0v) is 5.33. The van der Waals surface area contributed by atoms with Crippen LogP contribution in [0.1, 0.15) is 19.3 Å². The molecule has 4 heteroatoms. The molecule has 0 aliphatic heterocycles. The molecule has 1 saturated carbocycles. The van der Waals surface area contributed by atoms with E-state index in [1.807, 2.05) is 0 Å². The Morgan fingerprint density at radius 1 is 1.60 bits per heavy atom. The van der Waals surface area contributed by atoms with Crippen LogP contribution in [0.25, 0.3) is 0 Å². The Bertz CT molecular complexity index is 186. The summed E-state index contributed by atoms with van der Waals surface area (Å²) in [4.78, 5) is 20.8.